The molecule has 16 heavy (non-hydrogen) atoms. The van der Waals surface area contributed by atoms with Crippen LogP contribution in [0.3, 0.4) is 0 Å². The summed E-state index contributed by atoms with van der Waals surface area (Å²) >= 11 is 1.48. The zero-order chi connectivity index (χ0) is 11.8. The first kappa shape index (κ1) is 13.5. The Kier molecular flexibility index (Phi) is 6.45. The molecule has 0 unspecified atom stereocenters. The number of ether oxygens (including phenoxy) is 1. The Hall–Kier alpha value is -0.580. The lowest BCUT2D eigenvalue weighted by Crippen LogP contribution is -2.11. The summed E-state index contributed by atoms with van der Waals surface area (Å²) in [5.41, 5.74) is 0.982. The monoisotopic (exact) mass is 243 g/mol. The van der Waals surface area contributed by atoms with Crippen LogP contribution in [0.5, 0.6) is 0 Å². The van der Waals surface area contributed by atoms with Crippen LogP contribution in [0.15, 0.2) is 23.1 Å². The summed E-state index contributed by atoms with van der Waals surface area (Å²) in [5.74, 6) is 0.636. The maximum Gasteiger partial charge on any atom is 0.137 e. The van der Waals surface area contributed by atoms with Gasteiger partial charge in [-0.1, -0.05) is 13.0 Å². The molecule has 0 heterocycles. The summed E-state index contributed by atoms with van der Waals surface area (Å²) in [6.07, 6.45) is 0. The average Bonchev–Trinajstić information content (AvgIpc) is 2.29. The highest BCUT2D eigenvalue weighted by atomic mass is 32.2. The van der Waals surface area contributed by atoms with E-state index in [1.165, 1.54) is 11.8 Å². The van der Waals surface area contributed by atoms with Gasteiger partial charge in [0.2, 0.25) is 0 Å². The van der Waals surface area contributed by atoms with Gasteiger partial charge in [-0.25, -0.2) is 4.39 Å². The van der Waals surface area contributed by atoms with E-state index in [0.29, 0.717) is 11.5 Å². The highest BCUT2D eigenvalue weighted by Gasteiger charge is 2.03. The van der Waals surface area contributed by atoms with Gasteiger partial charge in [0.1, 0.15) is 5.82 Å². The van der Waals surface area contributed by atoms with Crippen molar-refractivity contribution in [1.29, 1.82) is 0 Å². The van der Waals surface area contributed by atoms with Crippen LogP contribution in [-0.4, -0.2) is 26.0 Å². The Bertz CT molecular complexity index is 320. The molecule has 2 nitrogen and oxygen atoms in total. The molecule has 4 heteroatoms. The first-order valence-corrected chi connectivity index (χ1v) is 6.37. The van der Waals surface area contributed by atoms with E-state index < -0.39 is 0 Å². The normalized spacial score (nSPS) is 10.7. The van der Waals surface area contributed by atoms with Gasteiger partial charge in [-0.15, -0.1) is 11.8 Å². The van der Waals surface area contributed by atoms with Gasteiger partial charge < -0.3 is 10.1 Å². The molecule has 1 aromatic rings. The van der Waals surface area contributed by atoms with Crippen molar-refractivity contribution in [3.63, 3.8) is 0 Å². The van der Waals surface area contributed by atoms with E-state index in [4.69, 9.17) is 4.74 Å². The topological polar surface area (TPSA) is 21.3 Å². The molecule has 0 bridgehead atoms. The number of methoxy groups -OCH3 is 1. The standard InChI is InChI=1S/C12H18FNOS/c1-3-14-9-10-4-5-12(11(13)8-10)16-7-6-15-2/h4-5,8,14H,3,6-7,9H2,1-2H3. The summed E-state index contributed by atoms with van der Waals surface area (Å²) in [4.78, 5) is 0.692. The van der Waals surface area contributed by atoms with Gasteiger partial charge in [-0.3, -0.25) is 0 Å². The Labute approximate surface area is 101 Å². The van der Waals surface area contributed by atoms with Crippen LogP contribution in [0.4, 0.5) is 4.39 Å². The molecule has 1 aromatic carbocycles. The van der Waals surface area contributed by atoms with Crippen LogP contribution >= 0.6 is 11.8 Å². The van der Waals surface area contributed by atoms with Gasteiger partial charge in [0.15, 0.2) is 0 Å². The fourth-order valence-electron chi connectivity index (χ4n) is 1.28. The van der Waals surface area contributed by atoms with E-state index in [0.717, 1.165) is 24.4 Å². The third kappa shape index (κ3) is 4.51. The highest BCUT2D eigenvalue weighted by molar-refractivity contribution is 7.99. The molecule has 0 radical (unpaired) electrons. The third-order valence-corrected chi connectivity index (χ3v) is 3.13. The van der Waals surface area contributed by atoms with Crippen LogP contribution in [0.1, 0.15) is 12.5 Å². The molecule has 90 valence electrons. The summed E-state index contributed by atoms with van der Waals surface area (Å²) in [7, 11) is 1.65. The Morgan fingerprint density at radius 2 is 2.25 bits per heavy atom. The molecule has 0 saturated carbocycles. The summed E-state index contributed by atoms with van der Waals surface area (Å²) in [6, 6.07) is 5.39. The minimum absolute atomic E-state index is 0.142. The third-order valence-electron chi connectivity index (χ3n) is 2.12. The molecule has 0 aromatic heterocycles. The lowest BCUT2D eigenvalue weighted by molar-refractivity contribution is 0.218. The second-order valence-electron chi connectivity index (χ2n) is 3.39. The smallest absolute Gasteiger partial charge is 0.137 e. The van der Waals surface area contributed by atoms with Crippen LogP contribution in [0, 0.1) is 5.82 Å². The van der Waals surface area contributed by atoms with Crippen molar-refractivity contribution >= 4 is 11.8 Å². The summed E-state index contributed by atoms with van der Waals surface area (Å²) < 4.78 is 18.5. The maximum atomic E-state index is 13.6. The van der Waals surface area contributed by atoms with Gasteiger partial charge in [-0.05, 0) is 24.2 Å². The van der Waals surface area contributed by atoms with E-state index in [-0.39, 0.29) is 5.82 Å². The molecule has 1 N–H and O–H groups in total. The number of rotatable bonds is 7. The molecule has 0 spiro atoms. The van der Waals surface area contributed by atoms with Crippen molar-refractivity contribution in [3.8, 4) is 0 Å². The SMILES string of the molecule is CCNCc1ccc(SCCOC)c(F)c1. The number of thioether (sulfide) groups is 1. The fraction of sp³-hybridized carbons (Fsp3) is 0.500. The lowest BCUT2D eigenvalue weighted by Gasteiger charge is -2.06. The quantitative estimate of drug-likeness (QED) is 0.587. The first-order valence-electron chi connectivity index (χ1n) is 5.38. The zero-order valence-electron chi connectivity index (χ0n) is 9.75. The molecule has 0 fully saturated rings. The first-order chi connectivity index (χ1) is 7.77. The average molecular weight is 243 g/mol. The molecule has 0 aliphatic rings. The van der Waals surface area contributed by atoms with E-state index in [1.54, 1.807) is 13.2 Å². The fourth-order valence-corrected chi connectivity index (χ4v) is 2.11. The van der Waals surface area contributed by atoms with Gasteiger partial charge in [0, 0.05) is 24.3 Å². The Morgan fingerprint density at radius 1 is 1.44 bits per heavy atom. The maximum absolute atomic E-state index is 13.6. The molecule has 0 aliphatic carbocycles. The largest absolute Gasteiger partial charge is 0.384 e. The van der Waals surface area contributed by atoms with Gasteiger partial charge in [0.05, 0.1) is 6.61 Å². The highest BCUT2D eigenvalue weighted by Crippen LogP contribution is 2.22. The van der Waals surface area contributed by atoms with Crippen LogP contribution in [-0.2, 0) is 11.3 Å². The number of nitrogens with one attached hydrogen (secondary N) is 1. The van der Waals surface area contributed by atoms with E-state index in [9.17, 15) is 4.39 Å². The lowest BCUT2D eigenvalue weighted by atomic mass is 10.2. The summed E-state index contributed by atoms with van der Waals surface area (Å²) in [5, 5.41) is 3.17. The van der Waals surface area contributed by atoms with Crippen molar-refractivity contribution in [1.82, 2.24) is 5.32 Å². The molecular weight excluding hydrogens is 225 g/mol. The molecular formula is C12H18FNOS. The number of hydrogen-bond donors (Lipinski definition) is 1. The van der Waals surface area contributed by atoms with E-state index in [1.807, 2.05) is 19.1 Å². The molecule has 0 amide bonds. The van der Waals surface area contributed by atoms with Crippen molar-refractivity contribution in [3.05, 3.63) is 29.6 Å². The molecule has 0 aliphatic heterocycles. The van der Waals surface area contributed by atoms with Crippen molar-refractivity contribution in [2.24, 2.45) is 0 Å². The second kappa shape index (κ2) is 7.65. The van der Waals surface area contributed by atoms with E-state index in [2.05, 4.69) is 5.32 Å². The van der Waals surface area contributed by atoms with Crippen LogP contribution in [0.25, 0.3) is 0 Å². The van der Waals surface area contributed by atoms with Gasteiger partial charge >= 0.3 is 0 Å². The van der Waals surface area contributed by atoms with Gasteiger partial charge in [0.25, 0.3) is 0 Å². The van der Waals surface area contributed by atoms with Gasteiger partial charge in [-0.2, -0.15) is 0 Å². The zero-order valence-corrected chi connectivity index (χ0v) is 10.6. The number of halogens is 1. The van der Waals surface area contributed by atoms with Crippen molar-refractivity contribution < 1.29 is 9.13 Å². The Morgan fingerprint density at radius 3 is 2.88 bits per heavy atom. The van der Waals surface area contributed by atoms with Crippen LogP contribution < -0.4 is 5.32 Å². The number of hydrogen-bond acceptors (Lipinski definition) is 3. The second-order valence-corrected chi connectivity index (χ2v) is 4.52. The Balaban J connectivity index is 2.53. The van der Waals surface area contributed by atoms with Crippen LogP contribution in [0.2, 0.25) is 0 Å². The van der Waals surface area contributed by atoms with Crippen molar-refractivity contribution in [2.45, 2.75) is 18.4 Å². The molecule has 0 atom stereocenters. The number of benzene rings is 1. The van der Waals surface area contributed by atoms with Crippen molar-refractivity contribution in [2.75, 3.05) is 26.0 Å². The summed E-state index contributed by atoms with van der Waals surface area (Å²) in [6.45, 7) is 4.29. The minimum Gasteiger partial charge on any atom is -0.384 e. The van der Waals surface area contributed by atoms with E-state index >= 15 is 0 Å². The molecule has 1 rings (SSSR count). The predicted molar refractivity (Wildman–Crippen MR) is 66.4 cm³/mol. The minimum atomic E-state index is -0.142. The molecule has 0 saturated heterocycles. The predicted octanol–water partition coefficient (Wildman–Crippen LogP) is 2.67.